The van der Waals surface area contributed by atoms with E-state index in [9.17, 15) is 9.90 Å². The summed E-state index contributed by atoms with van der Waals surface area (Å²) in [5.74, 6) is 0.136. The lowest BCUT2D eigenvalue weighted by atomic mass is 10.1. The molecule has 0 bridgehead atoms. The maximum atomic E-state index is 12.2. The van der Waals surface area contributed by atoms with E-state index < -0.39 is 0 Å². The third kappa shape index (κ3) is 2.04. The van der Waals surface area contributed by atoms with Crippen LogP contribution in [-0.2, 0) is 0 Å². The van der Waals surface area contributed by atoms with Gasteiger partial charge in [-0.25, -0.2) is 4.79 Å². The van der Waals surface area contributed by atoms with Crippen LogP contribution in [0.3, 0.4) is 0 Å². The number of hydrogen-bond donors (Lipinski definition) is 2. The van der Waals surface area contributed by atoms with Gasteiger partial charge in [-0.15, -0.1) is 0 Å². The molecule has 1 unspecified atom stereocenters. The largest absolute Gasteiger partial charge is 0.506 e. The molecule has 0 radical (unpaired) electrons. The molecule has 19 heavy (non-hydrogen) atoms. The second kappa shape index (κ2) is 4.74. The molecule has 5 heteroatoms. The van der Waals surface area contributed by atoms with Crippen molar-refractivity contribution in [3.63, 3.8) is 0 Å². The van der Waals surface area contributed by atoms with Gasteiger partial charge in [0.05, 0.1) is 11.6 Å². The summed E-state index contributed by atoms with van der Waals surface area (Å²) in [5.41, 5.74) is 1.22. The van der Waals surface area contributed by atoms with Gasteiger partial charge < -0.3 is 15.0 Å². The summed E-state index contributed by atoms with van der Waals surface area (Å²) >= 11 is 0. The summed E-state index contributed by atoms with van der Waals surface area (Å²) in [6.07, 6.45) is 2.12. The molecule has 1 saturated heterocycles. The molecule has 0 amide bonds. The molecule has 1 aromatic heterocycles. The van der Waals surface area contributed by atoms with Gasteiger partial charge in [-0.3, -0.25) is 4.57 Å². The number of hydrogen-bond acceptors (Lipinski definition) is 3. The first-order valence-electron chi connectivity index (χ1n) is 6.85. The summed E-state index contributed by atoms with van der Waals surface area (Å²) in [6, 6.07) is 5.46. The van der Waals surface area contributed by atoms with Crippen LogP contribution >= 0.6 is 0 Å². The molecule has 0 aliphatic carbocycles. The van der Waals surface area contributed by atoms with E-state index in [4.69, 9.17) is 0 Å². The molecule has 1 aliphatic heterocycles. The zero-order chi connectivity index (χ0) is 13.4. The first-order chi connectivity index (χ1) is 9.20. The standard InChI is InChI=1S/C14H19N3O2/c1-2-16-8-4-5-10(9-16)17-11-6-3-7-12(18)13(11)15-14(17)19/h3,6-7,10,18H,2,4-5,8-9H2,1H3,(H,15,19). The van der Waals surface area contributed by atoms with E-state index >= 15 is 0 Å². The number of H-pyrrole nitrogens is 1. The number of phenolic OH excluding ortho intramolecular Hbond substituents is 1. The Morgan fingerprint density at radius 3 is 3.11 bits per heavy atom. The fourth-order valence-corrected chi connectivity index (χ4v) is 3.03. The zero-order valence-corrected chi connectivity index (χ0v) is 11.1. The van der Waals surface area contributed by atoms with Gasteiger partial charge >= 0.3 is 5.69 Å². The van der Waals surface area contributed by atoms with Crippen molar-refractivity contribution in [1.82, 2.24) is 14.5 Å². The van der Waals surface area contributed by atoms with Gasteiger partial charge in [0.1, 0.15) is 11.3 Å². The molecule has 1 aromatic carbocycles. The van der Waals surface area contributed by atoms with E-state index in [1.807, 2.05) is 6.07 Å². The molecule has 1 aliphatic rings. The molecule has 1 atom stereocenters. The Bertz CT molecular complexity index is 644. The van der Waals surface area contributed by atoms with Crippen molar-refractivity contribution in [3.05, 3.63) is 28.7 Å². The highest BCUT2D eigenvalue weighted by molar-refractivity contribution is 5.81. The minimum absolute atomic E-state index is 0.126. The molecule has 102 valence electrons. The normalized spacial score (nSPS) is 21.0. The van der Waals surface area contributed by atoms with Gasteiger partial charge in [0.25, 0.3) is 0 Å². The molecule has 1 fully saturated rings. The van der Waals surface area contributed by atoms with Crippen LogP contribution in [0.15, 0.2) is 23.0 Å². The first kappa shape index (κ1) is 12.3. The second-order valence-corrected chi connectivity index (χ2v) is 5.16. The predicted octanol–water partition coefficient (Wildman–Crippen LogP) is 1.69. The highest BCUT2D eigenvalue weighted by Gasteiger charge is 2.23. The number of imidazole rings is 1. The molecule has 0 spiro atoms. The van der Waals surface area contributed by atoms with E-state index in [1.165, 1.54) is 0 Å². The van der Waals surface area contributed by atoms with E-state index in [1.54, 1.807) is 16.7 Å². The van der Waals surface area contributed by atoms with Gasteiger partial charge in [0.2, 0.25) is 0 Å². The lowest BCUT2D eigenvalue weighted by molar-refractivity contribution is 0.185. The topological polar surface area (TPSA) is 61.3 Å². The van der Waals surface area contributed by atoms with Crippen molar-refractivity contribution in [2.45, 2.75) is 25.8 Å². The Kier molecular flexibility index (Phi) is 3.06. The van der Waals surface area contributed by atoms with Crippen molar-refractivity contribution < 1.29 is 5.11 Å². The number of phenols is 1. The van der Waals surface area contributed by atoms with Crippen LogP contribution in [0.5, 0.6) is 5.75 Å². The summed E-state index contributed by atoms with van der Waals surface area (Å²) in [7, 11) is 0. The number of aromatic amines is 1. The van der Waals surface area contributed by atoms with Crippen LogP contribution in [0.2, 0.25) is 0 Å². The number of aromatic nitrogens is 2. The van der Waals surface area contributed by atoms with Crippen LogP contribution in [0.1, 0.15) is 25.8 Å². The van der Waals surface area contributed by atoms with E-state index in [0.29, 0.717) is 5.52 Å². The average Bonchev–Trinajstić information content (AvgIpc) is 2.77. The number of fused-ring (bicyclic) bond motifs is 1. The second-order valence-electron chi connectivity index (χ2n) is 5.16. The smallest absolute Gasteiger partial charge is 0.326 e. The molecule has 3 rings (SSSR count). The molecular formula is C14H19N3O2. The monoisotopic (exact) mass is 261 g/mol. The fraction of sp³-hybridized carbons (Fsp3) is 0.500. The van der Waals surface area contributed by atoms with Crippen LogP contribution < -0.4 is 5.69 Å². The number of rotatable bonds is 2. The third-order valence-corrected chi connectivity index (χ3v) is 4.02. The SMILES string of the molecule is CCN1CCCC(n2c(=O)[nH]c3c(O)cccc32)C1. The van der Waals surface area contributed by atoms with Gasteiger partial charge in [-0.05, 0) is 38.1 Å². The fourth-order valence-electron chi connectivity index (χ4n) is 3.03. The van der Waals surface area contributed by atoms with Gasteiger partial charge in [0, 0.05) is 6.54 Å². The van der Waals surface area contributed by atoms with Gasteiger partial charge in [0.15, 0.2) is 0 Å². The number of piperidine rings is 1. The number of nitrogens with one attached hydrogen (secondary N) is 1. The maximum absolute atomic E-state index is 12.2. The Hall–Kier alpha value is -1.75. The lowest BCUT2D eigenvalue weighted by Crippen LogP contribution is -2.38. The van der Waals surface area contributed by atoms with Crippen molar-refractivity contribution in [1.29, 1.82) is 0 Å². The van der Waals surface area contributed by atoms with E-state index in [2.05, 4.69) is 16.8 Å². The van der Waals surface area contributed by atoms with Crippen molar-refractivity contribution in [3.8, 4) is 5.75 Å². The quantitative estimate of drug-likeness (QED) is 0.865. The highest BCUT2D eigenvalue weighted by atomic mass is 16.3. The number of aromatic hydroxyl groups is 1. The lowest BCUT2D eigenvalue weighted by Gasteiger charge is -2.32. The molecular weight excluding hydrogens is 242 g/mol. The zero-order valence-electron chi connectivity index (χ0n) is 11.1. The molecule has 2 heterocycles. The summed E-state index contributed by atoms with van der Waals surface area (Å²) in [4.78, 5) is 17.3. The minimum Gasteiger partial charge on any atom is -0.506 e. The molecule has 2 aromatic rings. The summed E-state index contributed by atoms with van der Waals surface area (Å²) < 4.78 is 1.80. The number of benzene rings is 1. The number of likely N-dealkylation sites (N-methyl/N-ethyl adjacent to an activating group) is 1. The average molecular weight is 261 g/mol. The van der Waals surface area contributed by atoms with Crippen LogP contribution in [0, 0.1) is 0 Å². The number of likely N-dealkylation sites (tertiary alicyclic amines) is 1. The Morgan fingerprint density at radius 2 is 2.32 bits per heavy atom. The number of para-hydroxylation sites is 1. The Balaban J connectivity index is 2.07. The van der Waals surface area contributed by atoms with Crippen LogP contribution in [0.4, 0.5) is 0 Å². The Morgan fingerprint density at radius 1 is 1.47 bits per heavy atom. The highest BCUT2D eigenvalue weighted by Crippen LogP contribution is 2.27. The van der Waals surface area contributed by atoms with Crippen molar-refractivity contribution >= 4 is 11.0 Å². The number of nitrogens with zero attached hydrogens (tertiary/aromatic N) is 2. The third-order valence-electron chi connectivity index (χ3n) is 4.02. The summed E-state index contributed by atoms with van der Waals surface area (Å²) in [5, 5.41) is 9.81. The van der Waals surface area contributed by atoms with Crippen molar-refractivity contribution in [2.75, 3.05) is 19.6 Å². The van der Waals surface area contributed by atoms with Crippen LogP contribution in [0.25, 0.3) is 11.0 Å². The molecule has 0 saturated carbocycles. The van der Waals surface area contributed by atoms with Crippen LogP contribution in [-0.4, -0.2) is 39.2 Å². The molecule has 5 nitrogen and oxygen atoms in total. The minimum atomic E-state index is -0.126. The summed E-state index contributed by atoms with van der Waals surface area (Å²) in [6.45, 7) is 5.17. The maximum Gasteiger partial charge on any atom is 0.326 e. The van der Waals surface area contributed by atoms with Gasteiger partial charge in [-0.2, -0.15) is 0 Å². The Labute approximate surface area is 111 Å². The van der Waals surface area contributed by atoms with E-state index in [0.717, 1.165) is 38.0 Å². The predicted molar refractivity (Wildman–Crippen MR) is 74.6 cm³/mol. The van der Waals surface area contributed by atoms with Gasteiger partial charge in [-0.1, -0.05) is 13.0 Å². The van der Waals surface area contributed by atoms with E-state index in [-0.39, 0.29) is 17.5 Å². The first-order valence-corrected chi connectivity index (χ1v) is 6.85. The molecule has 2 N–H and O–H groups in total. The van der Waals surface area contributed by atoms with Crippen molar-refractivity contribution in [2.24, 2.45) is 0 Å².